The van der Waals surface area contributed by atoms with Gasteiger partial charge in [-0.1, -0.05) is 0 Å². The number of aryl methyl sites for hydroxylation is 1. The van der Waals surface area contributed by atoms with Crippen LogP contribution in [0.15, 0.2) is 24.5 Å². The number of H-pyrrole nitrogens is 1. The van der Waals surface area contributed by atoms with Gasteiger partial charge >= 0.3 is 0 Å². The van der Waals surface area contributed by atoms with Crippen LogP contribution in [0.3, 0.4) is 0 Å². The Morgan fingerprint density at radius 2 is 2.19 bits per heavy atom. The van der Waals surface area contributed by atoms with Crippen molar-refractivity contribution in [1.29, 1.82) is 0 Å². The second kappa shape index (κ2) is 6.12. The van der Waals surface area contributed by atoms with E-state index in [2.05, 4.69) is 16.0 Å². The van der Waals surface area contributed by atoms with Gasteiger partial charge < -0.3 is 9.72 Å². The average molecular weight is 372 g/mol. The van der Waals surface area contributed by atoms with Gasteiger partial charge in [0.25, 0.3) is 0 Å². The first-order chi connectivity index (χ1) is 13.0. The zero-order chi connectivity index (χ0) is 18.6. The molecule has 0 bridgehead atoms. The standard InChI is InChI=1S/C20H22F2N4O/c1-12-9-23-19-16(12)6-14(10-24-19)17-7-18(13-3-5-27-11-13)26(25-17)15-2-4-20(21,22)8-15/h6-7,9-10,13,15H,2-5,8,11H2,1H3,(H,23,24)/t13-,15?/m0/s1. The van der Waals surface area contributed by atoms with Crippen molar-refractivity contribution in [3.05, 3.63) is 35.8 Å². The molecule has 5 rings (SSSR count). The van der Waals surface area contributed by atoms with Crippen molar-refractivity contribution < 1.29 is 13.5 Å². The fraction of sp³-hybridized carbons (Fsp3) is 0.500. The Hall–Kier alpha value is -2.28. The lowest BCUT2D eigenvalue weighted by Gasteiger charge is -2.17. The molecule has 142 valence electrons. The number of alkyl halides is 2. The number of aromatic nitrogens is 4. The normalized spacial score (nSPS) is 24.9. The van der Waals surface area contributed by atoms with Crippen molar-refractivity contribution in [2.75, 3.05) is 13.2 Å². The summed E-state index contributed by atoms with van der Waals surface area (Å²) in [5, 5.41) is 5.83. The second-order valence-electron chi connectivity index (χ2n) is 7.80. The number of nitrogens with one attached hydrogen (secondary N) is 1. The van der Waals surface area contributed by atoms with E-state index in [0.717, 1.165) is 40.0 Å². The van der Waals surface area contributed by atoms with Crippen molar-refractivity contribution >= 4 is 11.0 Å². The summed E-state index contributed by atoms with van der Waals surface area (Å²) in [6, 6.07) is 3.86. The minimum atomic E-state index is -2.59. The third kappa shape index (κ3) is 2.94. The van der Waals surface area contributed by atoms with E-state index in [4.69, 9.17) is 9.84 Å². The Morgan fingerprint density at radius 1 is 1.30 bits per heavy atom. The molecule has 2 aliphatic rings. The van der Waals surface area contributed by atoms with Crippen LogP contribution >= 0.6 is 0 Å². The summed E-state index contributed by atoms with van der Waals surface area (Å²) in [6.45, 7) is 3.37. The summed E-state index contributed by atoms with van der Waals surface area (Å²) in [4.78, 5) is 7.63. The maximum absolute atomic E-state index is 13.8. The lowest BCUT2D eigenvalue weighted by atomic mass is 10.0. The fourth-order valence-electron chi connectivity index (χ4n) is 4.33. The van der Waals surface area contributed by atoms with E-state index in [1.807, 2.05) is 23.9 Å². The predicted molar refractivity (Wildman–Crippen MR) is 98.1 cm³/mol. The molecule has 1 aliphatic carbocycles. The summed E-state index contributed by atoms with van der Waals surface area (Å²) in [5.74, 6) is -2.38. The molecule has 0 amide bonds. The Balaban J connectivity index is 1.58. The fourth-order valence-corrected chi connectivity index (χ4v) is 4.33. The zero-order valence-electron chi connectivity index (χ0n) is 15.2. The van der Waals surface area contributed by atoms with Crippen LogP contribution in [0, 0.1) is 6.92 Å². The van der Waals surface area contributed by atoms with E-state index in [9.17, 15) is 8.78 Å². The van der Waals surface area contributed by atoms with E-state index < -0.39 is 5.92 Å². The third-order valence-corrected chi connectivity index (χ3v) is 5.87. The van der Waals surface area contributed by atoms with Gasteiger partial charge in [-0.25, -0.2) is 13.8 Å². The van der Waals surface area contributed by atoms with Crippen molar-refractivity contribution in [1.82, 2.24) is 19.7 Å². The van der Waals surface area contributed by atoms with Crippen molar-refractivity contribution in [3.8, 4) is 11.3 Å². The van der Waals surface area contributed by atoms with Crippen LogP contribution in [0.2, 0.25) is 0 Å². The van der Waals surface area contributed by atoms with Crippen LogP contribution in [-0.4, -0.2) is 38.9 Å². The molecule has 0 radical (unpaired) electrons. The first-order valence-electron chi connectivity index (χ1n) is 9.49. The summed E-state index contributed by atoms with van der Waals surface area (Å²) < 4.78 is 35.0. The number of hydrogen-bond acceptors (Lipinski definition) is 3. The second-order valence-corrected chi connectivity index (χ2v) is 7.80. The zero-order valence-corrected chi connectivity index (χ0v) is 15.2. The topological polar surface area (TPSA) is 55.7 Å². The molecule has 27 heavy (non-hydrogen) atoms. The van der Waals surface area contributed by atoms with Gasteiger partial charge in [-0.3, -0.25) is 4.68 Å². The van der Waals surface area contributed by atoms with Crippen molar-refractivity contribution in [2.45, 2.75) is 50.5 Å². The molecule has 1 N–H and O–H groups in total. The third-order valence-electron chi connectivity index (χ3n) is 5.87. The number of nitrogens with zero attached hydrogens (tertiary/aromatic N) is 3. The summed E-state index contributed by atoms with van der Waals surface area (Å²) >= 11 is 0. The van der Waals surface area contributed by atoms with Gasteiger partial charge in [0.1, 0.15) is 5.65 Å². The molecule has 1 unspecified atom stereocenters. The highest BCUT2D eigenvalue weighted by Gasteiger charge is 2.42. The molecule has 4 heterocycles. The number of halogens is 2. The highest BCUT2D eigenvalue weighted by molar-refractivity contribution is 5.83. The molecule has 2 atom stereocenters. The monoisotopic (exact) mass is 372 g/mol. The summed E-state index contributed by atoms with van der Waals surface area (Å²) in [5.41, 5.74) is 4.68. The van der Waals surface area contributed by atoms with Gasteiger partial charge in [-0.2, -0.15) is 5.10 Å². The van der Waals surface area contributed by atoms with E-state index in [0.29, 0.717) is 19.6 Å². The average Bonchev–Trinajstić information content (AvgIpc) is 3.40. The Bertz CT molecular complexity index is 987. The SMILES string of the molecule is Cc1c[nH]c2ncc(-c3cc([C@H]4CCOC4)n(C4CCC(F)(F)C4)n3)cc12. The maximum Gasteiger partial charge on any atom is 0.250 e. The molecule has 1 aliphatic heterocycles. The largest absolute Gasteiger partial charge is 0.381 e. The van der Waals surface area contributed by atoms with Crippen LogP contribution in [-0.2, 0) is 4.74 Å². The van der Waals surface area contributed by atoms with Crippen LogP contribution in [0.25, 0.3) is 22.3 Å². The molecule has 3 aromatic heterocycles. The molecule has 0 spiro atoms. The molecule has 0 aromatic carbocycles. The van der Waals surface area contributed by atoms with E-state index in [1.54, 1.807) is 6.20 Å². The number of fused-ring (bicyclic) bond motifs is 1. The van der Waals surface area contributed by atoms with Gasteiger partial charge in [-0.15, -0.1) is 0 Å². The van der Waals surface area contributed by atoms with Crippen LogP contribution in [0.5, 0.6) is 0 Å². The van der Waals surface area contributed by atoms with E-state index >= 15 is 0 Å². The molecular weight excluding hydrogens is 350 g/mol. The van der Waals surface area contributed by atoms with Crippen molar-refractivity contribution in [3.63, 3.8) is 0 Å². The van der Waals surface area contributed by atoms with E-state index in [1.165, 1.54) is 0 Å². The molecule has 5 nitrogen and oxygen atoms in total. The quantitative estimate of drug-likeness (QED) is 0.731. The minimum absolute atomic E-state index is 0.0659. The molecule has 1 saturated heterocycles. The molecule has 3 aromatic rings. The number of rotatable bonds is 3. The first-order valence-corrected chi connectivity index (χ1v) is 9.49. The maximum atomic E-state index is 13.8. The summed E-state index contributed by atoms with van der Waals surface area (Å²) in [6.07, 6.45) is 4.89. The van der Waals surface area contributed by atoms with Gasteiger partial charge in [0, 0.05) is 54.4 Å². The number of aromatic amines is 1. The Morgan fingerprint density at radius 3 is 2.93 bits per heavy atom. The van der Waals surface area contributed by atoms with Gasteiger partial charge in [0.05, 0.1) is 18.3 Å². The Kier molecular flexibility index (Phi) is 3.82. The van der Waals surface area contributed by atoms with Crippen molar-refractivity contribution in [2.24, 2.45) is 0 Å². The van der Waals surface area contributed by atoms with Gasteiger partial charge in [-0.05, 0) is 37.5 Å². The number of ether oxygens (including phenoxy) is 1. The smallest absolute Gasteiger partial charge is 0.250 e. The van der Waals surface area contributed by atoms with Crippen LogP contribution in [0.1, 0.15) is 48.9 Å². The molecule has 7 heteroatoms. The lowest BCUT2D eigenvalue weighted by Crippen LogP contribution is -2.16. The lowest BCUT2D eigenvalue weighted by molar-refractivity contribution is 0.00505. The predicted octanol–water partition coefficient (Wildman–Crippen LogP) is 4.60. The summed E-state index contributed by atoms with van der Waals surface area (Å²) in [7, 11) is 0. The van der Waals surface area contributed by atoms with E-state index in [-0.39, 0.29) is 24.8 Å². The highest BCUT2D eigenvalue weighted by atomic mass is 19.3. The van der Waals surface area contributed by atoms with Crippen LogP contribution in [0.4, 0.5) is 8.78 Å². The van der Waals surface area contributed by atoms with Gasteiger partial charge in [0.2, 0.25) is 5.92 Å². The highest BCUT2D eigenvalue weighted by Crippen LogP contribution is 2.43. The molecule has 2 fully saturated rings. The molecular formula is C20H22F2N4O. The first kappa shape index (κ1) is 16.9. The van der Waals surface area contributed by atoms with Crippen LogP contribution < -0.4 is 0 Å². The number of hydrogen-bond donors (Lipinski definition) is 1. The Labute approximate surface area is 155 Å². The van der Waals surface area contributed by atoms with Gasteiger partial charge in [0.15, 0.2) is 0 Å². The minimum Gasteiger partial charge on any atom is -0.381 e. The molecule has 1 saturated carbocycles. The number of pyridine rings is 1.